The maximum Gasteiger partial charge on any atom is 0.191 e. The molecule has 1 aliphatic carbocycles. The highest BCUT2D eigenvalue weighted by atomic mass is 127. The molecule has 1 saturated carbocycles. The van der Waals surface area contributed by atoms with Gasteiger partial charge in [0, 0.05) is 26.3 Å². The van der Waals surface area contributed by atoms with Crippen LogP contribution in [0.1, 0.15) is 38.9 Å². The zero-order chi connectivity index (χ0) is 15.0. The lowest BCUT2D eigenvalue weighted by molar-refractivity contribution is 0.128. The van der Waals surface area contributed by atoms with Gasteiger partial charge in [0.05, 0.1) is 6.26 Å². The van der Waals surface area contributed by atoms with Crippen LogP contribution in [0.5, 0.6) is 0 Å². The zero-order valence-electron chi connectivity index (χ0n) is 13.6. The van der Waals surface area contributed by atoms with Crippen LogP contribution in [0.25, 0.3) is 0 Å². The summed E-state index contributed by atoms with van der Waals surface area (Å²) in [6.45, 7) is 8.16. The summed E-state index contributed by atoms with van der Waals surface area (Å²) in [6, 6.07) is 3.83. The number of hydrogen-bond acceptors (Lipinski definition) is 3. The molecule has 0 amide bonds. The van der Waals surface area contributed by atoms with E-state index in [1.807, 2.05) is 19.1 Å². The molecule has 1 aromatic heterocycles. The first kappa shape index (κ1) is 19.3. The first-order valence-corrected chi connectivity index (χ1v) is 7.90. The van der Waals surface area contributed by atoms with Crippen molar-refractivity contribution in [3.63, 3.8) is 0 Å². The Morgan fingerprint density at radius 3 is 2.77 bits per heavy atom. The van der Waals surface area contributed by atoms with Crippen LogP contribution < -0.4 is 10.6 Å². The van der Waals surface area contributed by atoms with Crippen LogP contribution >= 0.6 is 24.0 Å². The van der Waals surface area contributed by atoms with E-state index in [1.165, 1.54) is 12.8 Å². The number of nitrogens with zero attached hydrogens (tertiary/aromatic N) is 1. The summed E-state index contributed by atoms with van der Waals surface area (Å²) in [5.74, 6) is 1.74. The van der Waals surface area contributed by atoms with Crippen molar-refractivity contribution in [1.82, 2.24) is 10.6 Å². The highest BCUT2D eigenvalue weighted by Gasteiger charge is 2.41. The van der Waals surface area contributed by atoms with Gasteiger partial charge in [0.2, 0.25) is 0 Å². The van der Waals surface area contributed by atoms with Crippen LogP contribution in [0.3, 0.4) is 0 Å². The second-order valence-corrected chi connectivity index (χ2v) is 5.58. The molecule has 0 unspecified atom stereocenters. The maximum absolute atomic E-state index is 5.47. The molecule has 0 atom stereocenters. The molecule has 126 valence electrons. The summed E-state index contributed by atoms with van der Waals surface area (Å²) in [6.07, 6.45) is 5.37. The predicted molar refractivity (Wildman–Crippen MR) is 99.7 cm³/mol. The molecule has 5 nitrogen and oxygen atoms in total. The van der Waals surface area contributed by atoms with Gasteiger partial charge in [0.25, 0.3) is 0 Å². The fourth-order valence-corrected chi connectivity index (χ4v) is 2.30. The van der Waals surface area contributed by atoms with Crippen molar-refractivity contribution in [2.75, 3.05) is 26.3 Å². The molecule has 0 radical (unpaired) electrons. The molecule has 22 heavy (non-hydrogen) atoms. The van der Waals surface area contributed by atoms with Crippen LogP contribution in [0.15, 0.2) is 27.8 Å². The number of halogens is 1. The van der Waals surface area contributed by atoms with Gasteiger partial charge in [-0.1, -0.05) is 0 Å². The monoisotopic (exact) mass is 421 g/mol. The van der Waals surface area contributed by atoms with E-state index < -0.39 is 0 Å². The minimum absolute atomic E-state index is 0. The van der Waals surface area contributed by atoms with E-state index in [4.69, 9.17) is 9.15 Å². The fraction of sp³-hybridized carbons (Fsp3) is 0.688. The van der Waals surface area contributed by atoms with Gasteiger partial charge in [-0.3, -0.25) is 0 Å². The van der Waals surface area contributed by atoms with E-state index in [1.54, 1.807) is 6.26 Å². The van der Waals surface area contributed by atoms with Gasteiger partial charge in [-0.05, 0) is 50.7 Å². The van der Waals surface area contributed by atoms with Gasteiger partial charge in [0.1, 0.15) is 12.3 Å². The first-order valence-electron chi connectivity index (χ1n) is 7.90. The molecule has 1 aromatic rings. The van der Waals surface area contributed by atoms with Gasteiger partial charge in [-0.2, -0.15) is 0 Å². The Morgan fingerprint density at radius 1 is 1.36 bits per heavy atom. The summed E-state index contributed by atoms with van der Waals surface area (Å²) < 4.78 is 10.8. The number of aliphatic imine (C=N–C) groups is 1. The van der Waals surface area contributed by atoms with Gasteiger partial charge in [0.15, 0.2) is 5.96 Å². The van der Waals surface area contributed by atoms with Crippen LogP contribution in [0.4, 0.5) is 0 Å². The Hall–Kier alpha value is -0.760. The Bertz CT molecular complexity index is 431. The Labute approximate surface area is 150 Å². The highest BCUT2D eigenvalue weighted by Crippen LogP contribution is 2.48. The average molecular weight is 421 g/mol. The van der Waals surface area contributed by atoms with E-state index in [9.17, 15) is 0 Å². The van der Waals surface area contributed by atoms with Crippen molar-refractivity contribution < 1.29 is 9.15 Å². The third-order valence-corrected chi connectivity index (χ3v) is 3.89. The topological polar surface area (TPSA) is 58.8 Å². The molecular formula is C16H28IN3O2. The van der Waals surface area contributed by atoms with Crippen molar-refractivity contribution in [3.8, 4) is 0 Å². The predicted octanol–water partition coefficient (Wildman–Crippen LogP) is 3.16. The summed E-state index contributed by atoms with van der Waals surface area (Å²) in [5, 5.41) is 6.73. The Morgan fingerprint density at radius 2 is 2.18 bits per heavy atom. The summed E-state index contributed by atoms with van der Waals surface area (Å²) >= 11 is 0. The smallest absolute Gasteiger partial charge is 0.191 e. The SMILES string of the molecule is CCNC(=NCc1ccco1)NCC1(CCOCC)CC1.I. The molecule has 1 heterocycles. The molecular weight excluding hydrogens is 393 g/mol. The number of furan rings is 1. The molecule has 0 bridgehead atoms. The van der Waals surface area contributed by atoms with E-state index in [-0.39, 0.29) is 24.0 Å². The van der Waals surface area contributed by atoms with Crippen molar-refractivity contribution in [2.45, 2.75) is 39.7 Å². The normalized spacial score (nSPS) is 16.0. The van der Waals surface area contributed by atoms with Crippen LogP contribution in [-0.4, -0.2) is 32.3 Å². The molecule has 0 aromatic carbocycles. The van der Waals surface area contributed by atoms with Gasteiger partial charge in [-0.15, -0.1) is 24.0 Å². The largest absolute Gasteiger partial charge is 0.467 e. The van der Waals surface area contributed by atoms with Gasteiger partial charge >= 0.3 is 0 Å². The molecule has 6 heteroatoms. The lowest BCUT2D eigenvalue weighted by Crippen LogP contribution is -2.40. The Kier molecular flexibility index (Phi) is 8.85. The van der Waals surface area contributed by atoms with Crippen LogP contribution in [0.2, 0.25) is 0 Å². The van der Waals surface area contributed by atoms with E-state index >= 15 is 0 Å². The first-order chi connectivity index (χ1) is 10.3. The Balaban J connectivity index is 0.00000242. The van der Waals surface area contributed by atoms with Gasteiger partial charge in [-0.25, -0.2) is 4.99 Å². The second-order valence-electron chi connectivity index (χ2n) is 5.58. The van der Waals surface area contributed by atoms with Gasteiger partial charge < -0.3 is 19.8 Å². The maximum atomic E-state index is 5.47. The fourth-order valence-electron chi connectivity index (χ4n) is 2.30. The number of nitrogens with one attached hydrogen (secondary N) is 2. The van der Waals surface area contributed by atoms with Crippen molar-refractivity contribution >= 4 is 29.9 Å². The molecule has 2 rings (SSSR count). The summed E-state index contributed by atoms with van der Waals surface area (Å²) in [4.78, 5) is 4.55. The quantitative estimate of drug-likeness (QED) is 0.278. The summed E-state index contributed by atoms with van der Waals surface area (Å²) in [7, 11) is 0. The van der Waals surface area contributed by atoms with E-state index in [0.717, 1.165) is 44.4 Å². The molecule has 0 aliphatic heterocycles. The van der Waals surface area contributed by atoms with Crippen LogP contribution in [-0.2, 0) is 11.3 Å². The molecule has 1 aliphatic rings. The molecule has 0 saturated heterocycles. The van der Waals surface area contributed by atoms with E-state index in [2.05, 4.69) is 22.5 Å². The molecule has 1 fully saturated rings. The van der Waals surface area contributed by atoms with Crippen molar-refractivity contribution in [3.05, 3.63) is 24.2 Å². The number of ether oxygens (including phenoxy) is 1. The van der Waals surface area contributed by atoms with Crippen LogP contribution in [0, 0.1) is 5.41 Å². The zero-order valence-corrected chi connectivity index (χ0v) is 15.9. The highest BCUT2D eigenvalue weighted by molar-refractivity contribution is 14.0. The van der Waals surface area contributed by atoms with Crippen molar-refractivity contribution in [2.24, 2.45) is 10.4 Å². The minimum Gasteiger partial charge on any atom is -0.467 e. The number of guanidine groups is 1. The number of hydrogen-bond donors (Lipinski definition) is 2. The standard InChI is InChI=1S/C16H27N3O2.HI/c1-3-17-15(18-12-14-6-5-10-21-14)19-13-16(7-8-16)9-11-20-4-2;/h5-6,10H,3-4,7-9,11-13H2,1-2H3,(H2,17,18,19);1H. The number of rotatable bonds is 9. The minimum atomic E-state index is 0. The van der Waals surface area contributed by atoms with E-state index in [0.29, 0.717) is 12.0 Å². The second kappa shape index (κ2) is 10.1. The summed E-state index contributed by atoms with van der Waals surface area (Å²) in [5.41, 5.74) is 0.413. The lowest BCUT2D eigenvalue weighted by Gasteiger charge is -2.18. The molecule has 2 N–H and O–H groups in total. The molecule has 0 spiro atoms. The third-order valence-electron chi connectivity index (χ3n) is 3.89. The lowest BCUT2D eigenvalue weighted by atomic mass is 10.0. The average Bonchev–Trinajstić information content (AvgIpc) is 3.06. The van der Waals surface area contributed by atoms with Crippen molar-refractivity contribution in [1.29, 1.82) is 0 Å². The third kappa shape index (κ3) is 6.56.